The van der Waals surface area contributed by atoms with Gasteiger partial charge in [0.05, 0.1) is 0 Å². The van der Waals surface area contributed by atoms with Crippen LogP contribution in [0.3, 0.4) is 0 Å². The van der Waals surface area contributed by atoms with Crippen molar-refractivity contribution in [3.05, 3.63) is 56.6 Å². The van der Waals surface area contributed by atoms with Gasteiger partial charge in [-0.15, -0.1) is 0 Å². The van der Waals surface area contributed by atoms with Crippen LogP contribution in [0, 0.1) is 0 Å². The molecule has 1 aliphatic heterocycles. The molecule has 0 aliphatic carbocycles. The topological polar surface area (TPSA) is 48.1 Å². The molecule has 1 aromatic heterocycles. The average Bonchev–Trinajstić information content (AvgIpc) is 2.88. The third-order valence-corrected chi connectivity index (χ3v) is 4.56. The minimum Gasteiger partial charge on any atom is -0.315 e. The van der Waals surface area contributed by atoms with E-state index in [0.29, 0.717) is 12.1 Å². The number of benzene rings is 1. The Bertz CT molecular complexity index is 607. The van der Waals surface area contributed by atoms with Crippen LogP contribution in [0.2, 0.25) is 0 Å². The van der Waals surface area contributed by atoms with Crippen LogP contribution in [0.4, 0.5) is 0 Å². The Hall–Kier alpha value is -1.43. The van der Waals surface area contributed by atoms with E-state index in [9.17, 15) is 4.79 Å². The second kappa shape index (κ2) is 5.91. The van der Waals surface area contributed by atoms with Gasteiger partial charge in [0.1, 0.15) is 0 Å². The lowest BCUT2D eigenvalue weighted by molar-refractivity contribution is 0.132. The highest BCUT2D eigenvalue weighted by atomic mass is 32.1. The van der Waals surface area contributed by atoms with E-state index in [-0.39, 0.29) is 4.87 Å². The minimum absolute atomic E-state index is 0.0300. The summed E-state index contributed by atoms with van der Waals surface area (Å²) in [5, 5.41) is 5.52. The second-order valence-electron chi connectivity index (χ2n) is 5.32. The lowest BCUT2D eigenvalue weighted by atomic mass is 10.0. The summed E-state index contributed by atoms with van der Waals surface area (Å²) >= 11 is 1.24. The zero-order valence-corrected chi connectivity index (χ0v) is 12.3. The van der Waals surface area contributed by atoms with Gasteiger partial charge in [0.15, 0.2) is 0 Å². The van der Waals surface area contributed by atoms with E-state index in [4.69, 9.17) is 0 Å². The Morgan fingerprint density at radius 2 is 2.15 bits per heavy atom. The molecule has 0 spiro atoms. The van der Waals surface area contributed by atoms with Crippen LogP contribution < -0.4 is 10.2 Å². The van der Waals surface area contributed by atoms with Crippen molar-refractivity contribution in [2.75, 3.05) is 13.1 Å². The van der Waals surface area contributed by atoms with Gasteiger partial charge in [0, 0.05) is 42.8 Å². The molecule has 1 fully saturated rings. The molecule has 2 N–H and O–H groups in total. The molecule has 1 aromatic carbocycles. The number of rotatable bonds is 3. The van der Waals surface area contributed by atoms with Crippen molar-refractivity contribution in [2.24, 2.45) is 0 Å². The van der Waals surface area contributed by atoms with Gasteiger partial charge in [-0.3, -0.25) is 9.69 Å². The molecule has 0 bridgehead atoms. The Balaban J connectivity index is 1.72. The van der Waals surface area contributed by atoms with Gasteiger partial charge in [-0.25, -0.2) is 0 Å². The standard InChI is InChI=1S/C15H19N3OS/c1-11-7-16-14(12-5-3-2-4-6-12)9-18(11)8-13-10-20-15(19)17-13/h2-6,10-11,14,16H,7-9H2,1H3,(H,17,19). The molecule has 20 heavy (non-hydrogen) atoms. The minimum atomic E-state index is 0.0300. The molecule has 2 aromatic rings. The zero-order valence-electron chi connectivity index (χ0n) is 11.5. The number of piperazine rings is 1. The van der Waals surface area contributed by atoms with Crippen LogP contribution in [0.1, 0.15) is 24.2 Å². The van der Waals surface area contributed by atoms with Gasteiger partial charge in [-0.05, 0) is 12.5 Å². The maximum Gasteiger partial charge on any atom is 0.304 e. The summed E-state index contributed by atoms with van der Waals surface area (Å²) in [6.45, 7) is 4.96. The SMILES string of the molecule is CC1CNC(c2ccccc2)CN1Cc1csc(=O)[nH]1. The molecule has 1 saturated heterocycles. The lowest BCUT2D eigenvalue weighted by Crippen LogP contribution is -2.50. The number of aromatic nitrogens is 1. The molecule has 5 heteroatoms. The molecule has 3 rings (SSSR count). The third kappa shape index (κ3) is 3.00. The number of H-pyrrole nitrogens is 1. The van der Waals surface area contributed by atoms with Gasteiger partial charge < -0.3 is 10.3 Å². The summed E-state index contributed by atoms with van der Waals surface area (Å²) in [6.07, 6.45) is 0. The Morgan fingerprint density at radius 1 is 1.35 bits per heavy atom. The van der Waals surface area contributed by atoms with Crippen molar-refractivity contribution in [3.8, 4) is 0 Å². The quantitative estimate of drug-likeness (QED) is 0.908. The molecule has 0 amide bonds. The fourth-order valence-electron chi connectivity index (χ4n) is 2.66. The maximum atomic E-state index is 11.2. The third-order valence-electron chi connectivity index (χ3n) is 3.85. The average molecular weight is 289 g/mol. The van der Waals surface area contributed by atoms with Gasteiger partial charge in [0.2, 0.25) is 0 Å². The van der Waals surface area contributed by atoms with E-state index >= 15 is 0 Å². The summed E-state index contributed by atoms with van der Waals surface area (Å²) in [7, 11) is 0. The van der Waals surface area contributed by atoms with Crippen molar-refractivity contribution in [1.82, 2.24) is 15.2 Å². The van der Waals surface area contributed by atoms with Gasteiger partial charge in [-0.1, -0.05) is 41.7 Å². The summed E-state index contributed by atoms with van der Waals surface area (Å²) < 4.78 is 0. The molecule has 2 atom stereocenters. The van der Waals surface area contributed by atoms with Crippen LogP contribution in [0.25, 0.3) is 0 Å². The Morgan fingerprint density at radius 3 is 2.85 bits per heavy atom. The predicted octanol–water partition coefficient (Wildman–Crippen LogP) is 1.97. The first-order chi connectivity index (χ1) is 9.72. The number of thiazole rings is 1. The van der Waals surface area contributed by atoms with Crippen molar-refractivity contribution < 1.29 is 0 Å². The first-order valence-electron chi connectivity index (χ1n) is 6.91. The molecule has 0 saturated carbocycles. The normalized spacial score (nSPS) is 23.9. The van der Waals surface area contributed by atoms with Gasteiger partial charge >= 0.3 is 4.87 Å². The molecule has 0 radical (unpaired) electrons. The van der Waals surface area contributed by atoms with Crippen molar-refractivity contribution in [1.29, 1.82) is 0 Å². The van der Waals surface area contributed by atoms with Crippen LogP contribution in [0.15, 0.2) is 40.5 Å². The second-order valence-corrected chi connectivity index (χ2v) is 6.17. The van der Waals surface area contributed by atoms with Crippen molar-refractivity contribution in [2.45, 2.75) is 25.6 Å². The van der Waals surface area contributed by atoms with Crippen molar-refractivity contribution in [3.63, 3.8) is 0 Å². The van der Waals surface area contributed by atoms with Gasteiger partial charge in [-0.2, -0.15) is 0 Å². The lowest BCUT2D eigenvalue weighted by Gasteiger charge is -2.38. The molecule has 2 unspecified atom stereocenters. The van der Waals surface area contributed by atoms with E-state index in [1.54, 1.807) is 0 Å². The molecule has 2 heterocycles. The Labute approximate surface area is 122 Å². The fourth-order valence-corrected chi connectivity index (χ4v) is 3.23. The van der Waals surface area contributed by atoms with E-state index in [0.717, 1.165) is 25.3 Å². The van der Waals surface area contributed by atoms with E-state index in [1.807, 2.05) is 11.4 Å². The monoisotopic (exact) mass is 289 g/mol. The largest absolute Gasteiger partial charge is 0.315 e. The molecular formula is C15H19N3OS. The van der Waals surface area contributed by atoms with E-state index in [1.165, 1.54) is 16.9 Å². The van der Waals surface area contributed by atoms with Crippen LogP contribution in [0.5, 0.6) is 0 Å². The highest BCUT2D eigenvalue weighted by Gasteiger charge is 2.26. The maximum absolute atomic E-state index is 11.2. The van der Waals surface area contributed by atoms with Gasteiger partial charge in [0.25, 0.3) is 0 Å². The van der Waals surface area contributed by atoms with E-state index < -0.39 is 0 Å². The predicted molar refractivity (Wildman–Crippen MR) is 82.0 cm³/mol. The smallest absolute Gasteiger partial charge is 0.304 e. The summed E-state index contributed by atoms with van der Waals surface area (Å²) in [4.78, 5) is 16.6. The number of nitrogens with one attached hydrogen (secondary N) is 2. The zero-order chi connectivity index (χ0) is 13.9. The highest BCUT2D eigenvalue weighted by molar-refractivity contribution is 7.07. The first-order valence-corrected chi connectivity index (χ1v) is 7.79. The summed E-state index contributed by atoms with van der Waals surface area (Å²) in [5.74, 6) is 0. The van der Waals surface area contributed by atoms with Crippen LogP contribution in [-0.4, -0.2) is 29.0 Å². The van der Waals surface area contributed by atoms with Crippen LogP contribution >= 0.6 is 11.3 Å². The highest BCUT2D eigenvalue weighted by Crippen LogP contribution is 2.21. The number of hydrogen-bond acceptors (Lipinski definition) is 4. The fraction of sp³-hybridized carbons (Fsp3) is 0.400. The number of hydrogen-bond donors (Lipinski definition) is 2. The van der Waals surface area contributed by atoms with Crippen LogP contribution in [-0.2, 0) is 6.54 Å². The molecule has 106 valence electrons. The summed E-state index contributed by atoms with van der Waals surface area (Å²) in [5.41, 5.74) is 2.34. The van der Waals surface area contributed by atoms with Crippen molar-refractivity contribution >= 4 is 11.3 Å². The Kier molecular flexibility index (Phi) is 4.00. The van der Waals surface area contributed by atoms with E-state index in [2.05, 4.69) is 46.4 Å². The number of nitrogens with zero attached hydrogens (tertiary/aromatic N) is 1. The molecule has 4 nitrogen and oxygen atoms in total. The first kappa shape index (κ1) is 13.5. The molecule has 1 aliphatic rings. The summed E-state index contributed by atoms with van der Waals surface area (Å²) in [6, 6.07) is 11.4. The molecular weight excluding hydrogens is 270 g/mol. The number of aromatic amines is 1.